The molecule has 0 aliphatic heterocycles. The normalized spacial score (nSPS) is 11.6. The molecule has 0 bridgehead atoms. The van der Waals surface area contributed by atoms with E-state index in [4.69, 9.17) is 0 Å². The van der Waals surface area contributed by atoms with E-state index < -0.39 is 18.0 Å². The van der Waals surface area contributed by atoms with Crippen LogP contribution in [0.15, 0.2) is 59.1 Å². The van der Waals surface area contributed by atoms with Crippen LogP contribution in [0.4, 0.5) is 10.5 Å². The molecule has 2 rings (SSSR count). The summed E-state index contributed by atoms with van der Waals surface area (Å²) in [6.07, 6.45) is 0. The van der Waals surface area contributed by atoms with Gasteiger partial charge in [-0.15, -0.1) is 0 Å². The maximum atomic E-state index is 12.6. The van der Waals surface area contributed by atoms with E-state index in [9.17, 15) is 14.4 Å². The second-order valence-electron chi connectivity index (χ2n) is 5.82. The molecule has 2 aromatic carbocycles. The number of carbonyl (C=O) groups excluding carboxylic acids is 3. The molecule has 0 fully saturated rings. The quantitative estimate of drug-likeness (QED) is 0.653. The molecule has 1 atom stereocenters. The number of carbonyl (C=O) groups is 3. The number of halogens is 1. The first-order valence-electron chi connectivity index (χ1n) is 8.24. The average molecular weight is 433 g/mol. The van der Waals surface area contributed by atoms with E-state index >= 15 is 0 Å². The van der Waals surface area contributed by atoms with Crippen LogP contribution in [-0.4, -0.2) is 43.4 Å². The summed E-state index contributed by atoms with van der Waals surface area (Å²) >= 11 is 3.38. The van der Waals surface area contributed by atoms with Crippen LogP contribution < -0.4 is 16.0 Å². The zero-order valence-corrected chi connectivity index (χ0v) is 16.6. The van der Waals surface area contributed by atoms with Crippen LogP contribution in [0.5, 0.6) is 0 Å². The van der Waals surface area contributed by atoms with Gasteiger partial charge in [0.1, 0.15) is 6.04 Å². The summed E-state index contributed by atoms with van der Waals surface area (Å²) in [4.78, 5) is 38.1. The highest BCUT2D eigenvalue weighted by molar-refractivity contribution is 9.10. The number of hydrogen-bond donors (Lipinski definition) is 3. The fraction of sp³-hybridized carbons (Fsp3) is 0.211. The number of urea groups is 1. The molecular weight excluding hydrogens is 412 g/mol. The Labute approximate surface area is 166 Å². The third-order valence-electron chi connectivity index (χ3n) is 3.81. The number of benzene rings is 2. The average Bonchev–Trinajstić information content (AvgIpc) is 2.64. The van der Waals surface area contributed by atoms with Gasteiger partial charge in [0, 0.05) is 11.5 Å². The van der Waals surface area contributed by atoms with Gasteiger partial charge in [0.2, 0.25) is 11.8 Å². The summed E-state index contributed by atoms with van der Waals surface area (Å²) in [7, 11) is 3.08. The number of anilines is 1. The first-order chi connectivity index (χ1) is 12.9. The molecule has 0 radical (unpaired) electrons. The van der Waals surface area contributed by atoms with Crippen LogP contribution in [0, 0.1) is 0 Å². The summed E-state index contributed by atoms with van der Waals surface area (Å²) < 4.78 is 0.762. The van der Waals surface area contributed by atoms with Crippen molar-refractivity contribution in [1.29, 1.82) is 0 Å². The van der Waals surface area contributed by atoms with E-state index in [0.29, 0.717) is 11.3 Å². The van der Waals surface area contributed by atoms with Crippen molar-refractivity contribution in [3.8, 4) is 0 Å². The van der Waals surface area contributed by atoms with E-state index in [1.54, 1.807) is 42.3 Å². The minimum absolute atomic E-state index is 0.0396. The van der Waals surface area contributed by atoms with Gasteiger partial charge in [-0.05, 0) is 40.7 Å². The fourth-order valence-corrected chi connectivity index (χ4v) is 2.94. The van der Waals surface area contributed by atoms with Crippen molar-refractivity contribution < 1.29 is 14.4 Å². The lowest BCUT2D eigenvalue weighted by atomic mass is 10.0. The first kappa shape index (κ1) is 20.6. The van der Waals surface area contributed by atoms with Crippen molar-refractivity contribution in [1.82, 2.24) is 15.5 Å². The standard InChI is InChI=1S/C19H21BrN4O3/c1-21-19(27)23-18(26)17(13-8-4-3-5-9-13)24(2)12-16(25)22-15-11-7-6-10-14(15)20/h3-11,17H,12H2,1-2H3,(H,22,25)(H2,21,23,26,27). The Morgan fingerprint density at radius 2 is 1.67 bits per heavy atom. The third-order valence-corrected chi connectivity index (χ3v) is 4.50. The number of hydrogen-bond acceptors (Lipinski definition) is 4. The first-order valence-corrected chi connectivity index (χ1v) is 9.03. The van der Waals surface area contributed by atoms with E-state index in [1.165, 1.54) is 7.05 Å². The molecular formula is C19H21BrN4O3. The number of likely N-dealkylation sites (N-methyl/N-ethyl adjacent to an activating group) is 1. The molecule has 0 saturated heterocycles. The number of para-hydroxylation sites is 1. The highest BCUT2D eigenvalue weighted by Gasteiger charge is 2.27. The van der Waals surface area contributed by atoms with Crippen molar-refractivity contribution in [2.24, 2.45) is 0 Å². The smallest absolute Gasteiger partial charge is 0.321 e. The molecule has 0 aromatic heterocycles. The molecule has 142 valence electrons. The molecule has 4 amide bonds. The van der Waals surface area contributed by atoms with Crippen LogP contribution >= 0.6 is 15.9 Å². The Morgan fingerprint density at radius 3 is 2.30 bits per heavy atom. The Balaban J connectivity index is 2.14. The molecule has 0 saturated carbocycles. The molecule has 27 heavy (non-hydrogen) atoms. The van der Waals surface area contributed by atoms with Crippen molar-refractivity contribution in [3.63, 3.8) is 0 Å². The van der Waals surface area contributed by atoms with Crippen molar-refractivity contribution in [2.45, 2.75) is 6.04 Å². The molecule has 2 aromatic rings. The monoisotopic (exact) mass is 432 g/mol. The number of rotatable bonds is 6. The van der Waals surface area contributed by atoms with Gasteiger partial charge in [-0.25, -0.2) is 4.79 Å². The number of amides is 4. The molecule has 7 nitrogen and oxygen atoms in total. The van der Waals surface area contributed by atoms with Crippen LogP contribution in [0.2, 0.25) is 0 Å². The second-order valence-corrected chi connectivity index (χ2v) is 6.68. The Bertz CT molecular complexity index is 814. The lowest BCUT2D eigenvalue weighted by Crippen LogP contribution is -2.46. The van der Waals surface area contributed by atoms with Gasteiger partial charge in [-0.2, -0.15) is 0 Å². The molecule has 0 heterocycles. The van der Waals surface area contributed by atoms with Gasteiger partial charge < -0.3 is 10.6 Å². The van der Waals surface area contributed by atoms with Crippen LogP contribution in [0.25, 0.3) is 0 Å². The van der Waals surface area contributed by atoms with E-state index in [0.717, 1.165) is 4.47 Å². The molecule has 1 unspecified atom stereocenters. The van der Waals surface area contributed by atoms with Crippen LogP contribution in [-0.2, 0) is 9.59 Å². The zero-order valence-electron chi connectivity index (χ0n) is 15.0. The molecule has 8 heteroatoms. The summed E-state index contributed by atoms with van der Waals surface area (Å²) in [6.45, 7) is -0.0396. The predicted octanol–water partition coefficient (Wildman–Crippen LogP) is 2.52. The Hall–Kier alpha value is -2.71. The largest absolute Gasteiger partial charge is 0.341 e. The fourth-order valence-electron chi connectivity index (χ4n) is 2.55. The van der Waals surface area contributed by atoms with Gasteiger partial charge >= 0.3 is 6.03 Å². The third kappa shape index (κ3) is 5.90. The second kappa shape index (κ2) is 9.84. The molecule has 0 spiro atoms. The summed E-state index contributed by atoms with van der Waals surface area (Å²) in [5, 5.41) is 7.42. The molecule has 0 aliphatic carbocycles. The number of imide groups is 1. The SMILES string of the molecule is CNC(=O)NC(=O)C(c1ccccc1)N(C)CC(=O)Nc1ccccc1Br. The predicted molar refractivity (Wildman–Crippen MR) is 107 cm³/mol. The van der Waals surface area contributed by atoms with Crippen molar-refractivity contribution >= 4 is 39.5 Å². The van der Waals surface area contributed by atoms with E-state index in [2.05, 4.69) is 31.9 Å². The van der Waals surface area contributed by atoms with E-state index in [1.807, 2.05) is 24.3 Å². The minimum Gasteiger partial charge on any atom is -0.341 e. The lowest BCUT2D eigenvalue weighted by molar-refractivity contribution is -0.126. The maximum Gasteiger partial charge on any atom is 0.321 e. The van der Waals surface area contributed by atoms with Gasteiger partial charge in [0.25, 0.3) is 0 Å². The summed E-state index contributed by atoms with van der Waals surface area (Å²) in [5.74, 6) is -0.796. The van der Waals surface area contributed by atoms with Gasteiger partial charge in [0.05, 0.1) is 12.2 Å². The molecule has 3 N–H and O–H groups in total. The number of nitrogens with zero attached hydrogens (tertiary/aromatic N) is 1. The highest BCUT2D eigenvalue weighted by atomic mass is 79.9. The highest BCUT2D eigenvalue weighted by Crippen LogP contribution is 2.22. The van der Waals surface area contributed by atoms with E-state index in [-0.39, 0.29) is 12.5 Å². The van der Waals surface area contributed by atoms with Crippen LogP contribution in [0.3, 0.4) is 0 Å². The lowest BCUT2D eigenvalue weighted by Gasteiger charge is -2.26. The zero-order chi connectivity index (χ0) is 19.8. The topological polar surface area (TPSA) is 90.5 Å². The minimum atomic E-state index is -0.798. The Kier molecular flexibility index (Phi) is 7.51. The summed E-state index contributed by atoms with van der Waals surface area (Å²) in [5.41, 5.74) is 1.32. The van der Waals surface area contributed by atoms with Gasteiger partial charge in [0.15, 0.2) is 0 Å². The van der Waals surface area contributed by atoms with Crippen LogP contribution in [0.1, 0.15) is 11.6 Å². The van der Waals surface area contributed by atoms with Gasteiger partial charge in [-0.3, -0.25) is 19.8 Å². The van der Waals surface area contributed by atoms with Crippen molar-refractivity contribution in [3.05, 3.63) is 64.6 Å². The maximum absolute atomic E-state index is 12.6. The molecule has 0 aliphatic rings. The summed E-state index contributed by atoms with van der Waals surface area (Å²) in [6, 6.07) is 14.8. The van der Waals surface area contributed by atoms with Gasteiger partial charge in [-0.1, -0.05) is 42.5 Å². The number of nitrogens with one attached hydrogen (secondary N) is 3. The van der Waals surface area contributed by atoms with Crippen molar-refractivity contribution in [2.75, 3.05) is 26.0 Å². The Morgan fingerprint density at radius 1 is 1.04 bits per heavy atom.